The minimum absolute atomic E-state index is 0.180. The summed E-state index contributed by atoms with van der Waals surface area (Å²) in [5.74, 6) is -0.180. The molecule has 0 aromatic carbocycles. The van der Waals surface area contributed by atoms with Gasteiger partial charge in [0.25, 0.3) is 0 Å². The zero-order valence-electron chi connectivity index (χ0n) is 10.3. The van der Waals surface area contributed by atoms with Gasteiger partial charge in [0, 0.05) is 6.54 Å². The summed E-state index contributed by atoms with van der Waals surface area (Å²) in [6.07, 6.45) is 5.84. The third-order valence-corrected chi connectivity index (χ3v) is 2.54. The van der Waals surface area contributed by atoms with Gasteiger partial charge in [-0.15, -0.1) is 0 Å². The smallest absolute Gasteiger partial charge is 0.312 e. The minimum Gasteiger partial charge on any atom is -0.465 e. The summed E-state index contributed by atoms with van der Waals surface area (Å²) < 4.78 is 5.16. The molecule has 0 aromatic rings. The zero-order valence-corrected chi connectivity index (χ0v) is 10.3. The van der Waals surface area contributed by atoms with Crippen molar-refractivity contribution in [3.05, 3.63) is 0 Å². The number of unbranched alkanes of at least 4 members (excludes halogenated alkanes) is 4. The van der Waals surface area contributed by atoms with E-state index in [-0.39, 0.29) is 5.97 Å². The monoisotopic (exact) mass is 215 g/mol. The third kappa shape index (κ3) is 6.50. The third-order valence-electron chi connectivity index (χ3n) is 2.54. The largest absolute Gasteiger partial charge is 0.465 e. The number of hydrogen-bond acceptors (Lipinski definition) is 3. The molecular formula is C12H25NO2. The van der Waals surface area contributed by atoms with E-state index in [1.807, 2.05) is 13.8 Å². The Kier molecular flexibility index (Phi) is 7.39. The van der Waals surface area contributed by atoms with E-state index in [0.29, 0.717) is 13.2 Å². The first-order chi connectivity index (χ1) is 7.04. The Morgan fingerprint density at radius 2 is 1.80 bits per heavy atom. The molecule has 90 valence electrons. The Morgan fingerprint density at radius 1 is 1.20 bits per heavy atom. The second-order valence-corrected chi connectivity index (χ2v) is 4.64. The topological polar surface area (TPSA) is 52.3 Å². The van der Waals surface area contributed by atoms with Crippen LogP contribution in [0.3, 0.4) is 0 Å². The first-order valence-electron chi connectivity index (χ1n) is 5.92. The van der Waals surface area contributed by atoms with Crippen LogP contribution >= 0.6 is 0 Å². The van der Waals surface area contributed by atoms with E-state index >= 15 is 0 Å². The molecule has 3 nitrogen and oxygen atoms in total. The van der Waals surface area contributed by atoms with Crippen LogP contribution in [0.1, 0.15) is 52.9 Å². The maximum absolute atomic E-state index is 11.5. The second-order valence-electron chi connectivity index (χ2n) is 4.64. The van der Waals surface area contributed by atoms with Crippen molar-refractivity contribution in [2.24, 2.45) is 11.1 Å². The van der Waals surface area contributed by atoms with E-state index in [2.05, 4.69) is 6.92 Å². The molecule has 3 heteroatoms. The first-order valence-corrected chi connectivity index (χ1v) is 5.92. The van der Waals surface area contributed by atoms with Crippen LogP contribution in [-0.2, 0) is 9.53 Å². The highest BCUT2D eigenvalue weighted by Crippen LogP contribution is 2.15. The van der Waals surface area contributed by atoms with E-state index in [9.17, 15) is 4.79 Å². The van der Waals surface area contributed by atoms with Crippen molar-refractivity contribution >= 4 is 5.97 Å². The van der Waals surface area contributed by atoms with E-state index < -0.39 is 5.41 Å². The summed E-state index contributed by atoms with van der Waals surface area (Å²) in [7, 11) is 0. The number of hydrogen-bond donors (Lipinski definition) is 1. The Morgan fingerprint density at radius 3 is 2.33 bits per heavy atom. The molecule has 0 rings (SSSR count). The number of nitrogens with two attached hydrogens (primary N) is 1. The molecule has 0 saturated carbocycles. The van der Waals surface area contributed by atoms with Gasteiger partial charge in [0.15, 0.2) is 0 Å². The van der Waals surface area contributed by atoms with Crippen LogP contribution in [-0.4, -0.2) is 19.1 Å². The summed E-state index contributed by atoms with van der Waals surface area (Å²) in [5.41, 5.74) is 4.94. The lowest BCUT2D eigenvalue weighted by Crippen LogP contribution is -2.34. The van der Waals surface area contributed by atoms with Gasteiger partial charge in [-0.25, -0.2) is 0 Å². The van der Waals surface area contributed by atoms with Crippen LogP contribution in [0.2, 0.25) is 0 Å². The van der Waals surface area contributed by atoms with Gasteiger partial charge in [-0.3, -0.25) is 4.79 Å². The molecule has 0 amide bonds. The van der Waals surface area contributed by atoms with Crippen molar-refractivity contribution in [3.8, 4) is 0 Å². The predicted octanol–water partition coefficient (Wildman–Crippen LogP) is 2.48. The fraction of sp³-hybridized carbons (Fsp3) is 0.917. The molecule has 0 aliphatic heterocycles. The lowest BCUT2D eigenvalue weighted by Gasteiger charge is -2.19. The number of esters is 1. The molecule has 0 aromatic heterocycles. The summed E-state index contributed by atoms with van der Waals surface area (Å²) in [6, 6.07) is 0. The van der Waals surface area contributed by atoms with Crippen molar-refractivity contribution in [3.63, 3.8) is 0 Å². The molecule has 0 bridgehead atoms. The van der Waals surface area contributed by atoms with Crippen LogP contribution in [0, 0.1) is 5.41 Å². The fourth-order valence-electron chi connectivity index (χ4n) is 1.15. The average molecular weight is 215 g/mol. The molecule has 0 heterocycles. The quantitative estimate of drug-likeness (QED) is 0.500. The van der Waals surface area contributed by atoms with Gasteiger partial charge < -0.3 is 10.5 Å². The Balaban J connectivity index is 3.47. The number of carbonyl (C=O) groups is 1. The number of ether oxygens (including phenoxy) is 1. The van der Waals surface area contributed by atoms with E-state index in [1.165, 1.54) is 19.3 Å². The molecule has 0 saturated heterocycles. The van der Waals surface area contributed by atoms with Crippen molar-refractivity contribution in [1.29, 1.82) is 0 Å². The first kappa shape index (κ1) is 14.4. The van der Waals surface area contributed by atoms with Crippen molar-refractivity contribution < 1.29 is 9.53 Å². The second kappa shape index (κ2) is 7.69. The van der Waals surface area contributed by atoms with Gasteiger partial charge in [-0.05, 0) is 20.3 Å². The predicted molar refractivity (Wildman–Crippen MR) is 62.6 cm³/mol. The number of carbonyl (C=O) groups excluding carboxylic acids is 1. The normalized spacial score (nSPS) is 11.5. The average Bonchev–Trinajstić information content (AvgIpc) is 2.22. The van der Waals surface area contributed by atoms with Crippen LogP contribution in [0.15, 0.2) is 0 Å². The Hall–Kier alpha value is -0.570. The van der Waals surface area contributed by atoms with E-state index in [4.69, 9.17) is 10.5 Å². The molecule has 0 spiro atoms. The van der Waals surface area contributed by atoms with Gasteiger partial charge in [0.05, 0.1) is 12.0 Å². The summed E-state index contributed by atoms with van der Waals surface area (Å²) in [6.45, 7) is 6.68. The Bertz CT molecular complexity index is 178. The van der Waals surface area contributed by atoms with Crippen molar-refractivity contribution in [1.82, 2.24) is 0 Å². The summed E-state index contributed by atoms with van der Waals surface area (Å²) in [4.78, 5) is 11.5. The summed E-state index contributed by atoms with van der Waals surface area (Å²) >= 11 is 0. The molecule has 0 radical (unpaired) electrons. The van der Waals surface area contributed by atoms with Gasteiger partial charge in [0.2, 0.25) is 0 Å². The van der Waals surface area contributed by atoms with Crippen LogP contribution in [0.25, 0.3) is 0 Å². The SMILES string of the molecule is CCCCCCCOC(=O)C(C)(C)CN. The zero-order chi connectivity index (χ0) is 11.7. The fourth-order valence-corrected chi connectivity index (χ4v) is 1.15. The lowest BCUT2D eigenvalue weighted by molar-refractivity contribution is -0.153. The van der Waals surface area contributed by atoms with Crippen LogP contribution in [0.4, 0.5) is 0 Å². The highest BCUT2D eigenvalue weighted by atomic mass is 16.5. The molecule has 2 N–H and O–H groups in total. The lowest BCUT2D eigenvalue weighted by atomic mass is 9.94. The van der Waals surface area contributed by atoms with Gasteiger partial charge in [0.1, 0.15) is 0 Å². The van der Waals surface area contributed by atoms with E-state index in [1.54, 1.807) is 0 Å². The standard InChI is InChI=1S/C12H25NO2/c1-4-5-6-7-8-9-15-11(14)12(2,3)10-13/h4-10,13H2,1-3H3. The molecular weight excluding hydrogens is 190 g/mol. The Labute approximate surface area is 93.4 Å². The maximum atomic E-state index is 11.5. The van der Waals surface area contributed by atoms with E-state index in [0.717, 1.165) is 12.8 Å². The molecule has 0 fully saturated rings. The van der Waals surface area contributed by atoms with Gasteiger partial charge in [-0.2, -0.15) is 0 Å². The molecule has 0 unspecified atom stereocenters. The molecule has 0 atom stereocenters. The van der Waals surface area contributed by atoms with Crippen molar-refractivity contribution in [2.45, 2.75) is 52.9 Å². The molecule has 15 heavy (non-hydrogen) atoms. The van der Waals surface area contributed by atoms with Gasteiger partial charge in [-0.1, -0.05) is 32.6 Å². The van der Waals surface area contributed by atoms with Gasteiger partial charge >= 0.3 is 5.97 Å². The van der Waals surface area contributed by atoms with Crippen LogP contribution < -0.4 is 5.73 Å². The maximum Gasteiger partial charge on any atom is 0.312 e. The highest BCUT2D eigenvalue weighted by molar-refractivity contribution is 5.76. The highest BCUT2D eigenvalue weighted by Gasteiger charge is 2.27. The minimum atomic E-state index is -0.538. The number of rotatable bonds is 8. The molecule has 0 aliphatic rings. The molecule has 0 aliphatic carbocycles. The van der Waals surface area contributed by atoms with Crippen LogP contribution in [0.5, 0.6) is 0 Å². The van der Waals surface area contributed by atoms with Crippen molar-refractivity contribution in [2.75, 3.05) is 13.2 Å². The summed E-state index contributed by atoms with van der Waals surface area (Å²) in [5, 5.41) is 0.